The Labute approximate surface area is 123 Å². The van der Waals surface area contributed by atoms with Crippen LogP contribution in [0.15, 0.2) is 48.6 Å². The number of carbonyl (C=O) groups excluding carboxylic acids is 1. The summed E-state index contributed by atoms with van der Waals surface area (Å²) in [6.07, 6.45) is 4.57. The maximum absolute atomic E-state index is 11.7. The molecular formula is C18H16O3. The number of rotatable bonds is 2. The van der Waals surface area contributed by atoms with E-state index in [0.717, 1.165) is 22.6 Å². The zero-order chi connectivity index (χ0) is 15.0. The maximum Gasteiger partial charge on any atom is 0.335 e. The van der Waals surface area contributed by atoms with E-state index in [1.54, 1.807) is 0 Å². The fourth-order valence-electron chi connectivity index (χ4n) is 2.79. The molecule has 1 N–H and O–H groups in total. The van der Waals surface area contributed by atoms with E-state index in [1.165, 1.54) is 5.57 Å². The van der Waals surface area contributed by atoms with Gasteiger partial charge in [-0.15, -0.1) is 0 Å². The minimum atomic E-state index is -0.486. The van der Waals surface area contributed by atoms with Gasteiger partial charge in [0.15, 0.2) is 0 Å². The van der Waals surface area contributed by atoms with Crippen molar-refractivity contribution < 1.29 is 14.6 Å². The van der Waals surface area contributed by atoms with E-state index in [1.807, 2.05) is 31.2 Å². The quantitative estimate of drug-likeness (QED) is 0.395. The van der Waals surface area contributed by atoms with Crippen molar-refractivity contribution in [3.63, 3.8) is 0 Å². The van der Waals surface area contributed by atoms with Crippen LogP contribution in [-0.2, 0) is 17.6 Å². The lowest BCUT2D eigenvalue weighted by Gasteiger charge is -2.21. The molecule has 0 spiro atoms. The first kappa shape index (κ1) is 13.4. The summed E-state index contributed by atoms with van der Waals surface area (Å²) in [5, 5.41) is 12.0. The molecule has 1 aliphatic carbocycles. The average Bonchev–Trinajstić information content (AvgIpc) is 2.51. The van der Waals surface area contributed by atoms with Gasteiger partial charge in [-0.2, -0.15) is 0 Å². The van der Waals surface area contributed by atoms with Crippen LogP contribution in [0, 0.1) is 0 Å². The zero-order valence-electron chi connectivity index (χ0n) is 11.8. The predicted octanol–water partition coefficient (Wildman–Crippen LogP) is 3.68. The number of hydrogen-bond donors (Lipinski definition) is 1. The minimum Gasteiger partial charge on any atom is -0.507 e. The largest absolute Gasteiger partial charge is 0.507 e. The van der Waals surface area contributed by atoms with Crippen LogP contribution in [0.2, 0.25) is 0 Å². The molecule has 0 bridgehead atoms. The van der Waals surface area contributed by atoms with Crippen LogP contribution in [0.1, 0.15) is 18.1 Å². The smallest absolute Gasteiger partial charge is 0.335 e. The molecule has 0 fully saturated rings. The fraction of sp³-hybridized carbons (Fsp3) is 0.167. The molecule has 3 rings (SSSR count). The van der Waals surface area contributed by atoms with Gasteiger partial charge in [0.25, 0.3) is 0 Å². The molecule has 2 aromatic rings. The van der Waals surface area contributed by atoms with Crippen LogP contribution in [0.3, 0.4) is 0 Å². The Hall–Kier alpha value is -2.55. The molecule has 0 aliphatic heterocycles. The van der Waals surface area contributed by atoms with Crippen molar-refractivity contribution in [2.24, 2.45) is 0 Å². The number of esters is 1. The van der Waals surface area contributed by atoms with E-state index in [2.05, 4.69) is 12.7 Å². The number of carbonyl (C=O) groups is 1. The molecule has 0 atom stereocenters. The fourth-order valence-corrected chi connectivity index (χ4v) is 2.79. The molecule has 0 saturated carbocycles. The summed E-state index contributed by atoms with van der Waals surface area (Å²) in [7, 11) is 0. The van der Waals surface area contributed by atoms with Gasteiger partial charge in [0.2, 0.25) is 0 Å². The second-order valence-electron chi connectivity index (χ2n) is 5.24. The lowest BCUT2D eigenvalue weighted by molar-refractivity contribution is -0.128. The van der Waals surface area contributed by atoms with Crippen molar-refractivity contribution in [1.29, 1.82) is 0 Å². The molecule has 1 aliphatic rings. The first-order chi connectivity index (χ1) is 10.1. The van der Waals surface area contributed by atoms with Crippen molar-refractivity contribution in [2.75, 3.05) is 0 Å². The van der Waals surface area contributed by atoms with E-state index < -0.39 is 5.97 Å². The molecule has 3 nitrogen and oxygen atoms in total. The number of phenols is 1. The Balaban J connectivity index is 2.32. The van der Waals surface area contributed by atoms with Crippen LogP contribution in [0.4, 0.5) is 0 Å². The summed E-state index contributed by atoms with van der Waals surface area (Å²) in [4.78, 5) is 11.7. The number of allylic oxidation sites excluding steroid dienone is 2. The van der Waals surface area contributed by atoms with E-state index in [9.17, 15) is 9.90 Å². The zero-order valence-corrected chi connectivity index (χ0v) is 11.8. The molecule has 3 heteroatoms. The number of hydrogen-bond acceptors (Lipinski definition) is 3. The Morgan fingerprint density at radius 2 is 2.00 bits per heavy atom. The van der Waals surface area contributed by atoms with Gasteiger partial charge in [0, 0.05) is 28.0 Å². The molecular weight excluding hydrogens is 264 g/mol. The molecule has 2 aromatic carbocycles. The summed E-state index contributed by atoms with van der Waals surface area (Å²) in [5.41, 5.74) is 2.93. The summed E-state index contributed by atoms with van der Waals surface area (Å²) >= 11 is 0. The number of phenolic OH excluding ortho intramolecular Hbond substituents is 1. The molecule has 21 heavy (non-hydrogen) atoms. The highest BCUT2D eigenvalue weighted by Gasteiger charge is 2.23. The first-order valence-corrected chi connectivity index (χ1v) is 6.87. The van der Waals surface area contributed by atoms with Crippen molar-refractivity contribution in [2.45, 2.75) is 19.8 Å². The van der Waals surface area contributed by atoms with Gasteiger partial charge in [-0.3, -0.25) is 0 Å². The number of fused-ring (bicyclic) bond motifs is 2. The molecule has 0 amide bonds. The molecule has 106 valence electrons. The van der Waals surface area contributed by atoms with Gasteiger partial charge in [0.05, 0.1) is 0 Å². The van der Waals surface area contributed by atoms with Crippen LogP contribution in [-0.4, -0.2) is 11.1 Å². The summed E-state index contributed by atoms with van der Waals surface area (Å²) in [6, 6.07) is 7.42. The monoisotopic (exact) mass is 280 g/mol. The highest BCUT2D eigenvalue weighted by atomic mass is 16.5. The normalized spacial score (nSPS) is 13.5. The number of benzene rings is 2. The Morgan fingerprint density at radius 3 is 2.71 bits per heavy atom. The van der Waals surface area contributed by atoms with Gasteiger partial charge in [-0.25, -0.2) is 4.79 Å². The lowest BCUT2D eigenvalue weighted by atomic mass is 9.88. The van der Waals surface area contributed by atoms with Gasteiger partial charge in [-0.05, 0) is 19.8 Å². The third-order valence-electron chi connectivity index (χ3n) is 3.83. The van der Waals surface area contributed by atoms with Crippen LogP contribution >= 0.6 is 0 Å². The van der Waals surface area contributed by atoms with Gasteiger partial charge in [0.1, 0.15) is 11.5 Å². The standard InChI is InChI=1S/C18H16O3/c1-3-16(19)21-18-14-7-5-4-6-12(14)17(20)13-9-8-11(2)10-15(13)18/h3-8,20H,1,9-10H2,2H3. The van der Waals surface area contributed by atoms with Crippen LogP contribution < -0.4 is 4.74 Å². The Kier molecular flexibility index (Phi) is 3.26. The van der Waals surface area contributed by atoms with E-state index in [4.69, 9.17) is 4.74 Å². The molecule has 0 unspecified atom stereocenters. The van der Waals surface area contributed by atoms with Crippen molar-refractivity contribution in [3.05, 3.63) is 59.7 Å². The average molecular weight is 280 g/mol. The third kappa shape index (κ3) is 2.21. The predicted molar refractivity (Wildman–Crippen MR) is 82.6 cm³/mol. The number of aromatic hydroxyl groups is 1. The minimum absolute atomic E-state index is 0.280. The summed E-state index contributed by atoms with van der Waals surface area (Å²) in [5.74, 6) is 0.332. The topological polar surface area (TPSA) is 46.5 Å². The second kappa shape index (κ2) is 5.09. The highest BCUT2D eigenvalue weighted by Crippen LogP contribution is 2.43. The molecule has 0 radical (unpaired) electrons. The Morgan fingerprint density at radius 1 is 1.29 bits per heavy atom. The van der Waals surface area contributed by atoms with Crippen LogP contribution in [0.5, 0.6) is 11.5 Å². The summed E-state index contributed by atoms with van der Waals surface area (Å²) < 4.78 is 5.48. The van der Waals surface area contributed by atoms with Gasteiger partial charge >= 0.3 is 5.97 Å². The Bertz CT molecular complexity index is 785. The maximum atomic E-state index is 11.7. The lowest BCUT2D eigenvalue weighted by Crippen LogP contribution is -2.10. The molecule has 0 heterocycles. The third-order valence-corrected chi connectivity index (χ3v) is 3.83. The van der Waals surface area contributed by atoms with Crippen molar-refractivity contribution in [1.82, 2.24) is 0 Å². The summed E-state index contributed by atoms with van der Waals surface area (Å²) in [6.45, 7) is 5.48. The van der Waals surface area contributed by atoms with Gasteiger partial charge in [-0.1, -0.05) is 42.5 Å². The van der Waals surface area contributed by atoms with Crippen molar-refractivity contribution >= 4 is 16.7 Å². The van der Waals surface area contributed by atoms with Crippen LogP contribution in [0.25, 0.3) is 10.8 Å². The first-order valence-electron chi connectivity index (χ1n) is 6.87. The van der Waals surface area contributed by atoms with Gasteiger partial charge < -0.3 is 9.84 Å². The SMILES string of the molecule is C=CC(=O)Oc1c2c(c(O)c3ccccc13)CC=C(C)C2. The van der Waals surface area contributed by atoms with E-state index in [-0.39, 0.29) is 5.75 Å². The van der Waals surface area contributed by atoms with E-state index in [0.29, 0.717) is 24.0 Å². The number of ether oxygens (including phenoxy) is 1. The second-order valence-corrected chi connectivity index (χ2v) is 5.24. The van der Waals surface area contributed by atoms with Crippen molar-refractivity contribution in [3.8, 4) is 11.5 Å². The molecule has 0 saturated heterocycles. The highest BCUT2D eigenvalue weighted by molar-refractivity contribution is 5.98. The molecule has 0 aromatic heterocycles. The van der Waals surface area contributed by atoms with E-state index >= 15 is 0 Å².